The van der Waals surface area contributed by atoms with Gasteiger partial charge in [0.05, 0.1) is 15.9 Å². The van der Waals surface area contributed by atoms with Crippen LogP contribution in [-0.4, -0.2) is 21.3 Å². The molecule has 1 N–H and O–H groups in total. The molecule has 2 aromatic rings. The second-order valence-corrected chi connectivity index (χ2v) is 4.96. The van der Waals surface area contributed by atoms with Crippen molar-refractivity contribution in [1.29, 1.82) is 0 Å². The number of rotatable bonds is 4. The molecule has 4 nitrogen and oxygen atoms in total. The molecule has 5 heteroatoms. The molecule has 0 saturated carbocycles. The van der Waals surface area contributed by atoms with Gasteiger partial charge in [-0.25, -0.2) is 9.67 Å². The van der Waals surface area contributed by atoms with Crippen molar-refractivity contribution in [3.63, 3.8) is 0 Å². The fourth-order valence-corrected chi connectivity index (χ4v) is 2.10. The molecule has 0 aliphatic heterocycles. The molecule has 0 radical (unpaired) electrons. The van der Waals surface area contributed by atoms with E-state index < -0.39 is 0 Å². The third-order valence-corrected chi connectivity index (χ3v) is 3.98. The molecule has 0 bridgehead atoms. The molecule has 0 saturated heterocycles. The first-order valence-electron chi connectivity index (χ1n) is 6.01. The summed E-state index contributed by atoms with van der Waals surface area (Å²) in [7, 11) is 0. The Labute approximate surface area is 116 Å². The molecule has 0 amide bonds. The molecule has 0 atom stereocenters. The normalized spacial score (nSPS) is 10.9. The average molecular weight is 309 g/mol. The summed E-state index contributed by atoms with van der Waals surface area (Å²) < 4.78 is 2.94. The summed E-state index contributed by atoms with van der Waals surface area (Å²) in [5, 5.41) is 7.85. The maximum Gasteiger partial charge on any atom is 0.158 e. The number of aromatic nitrogens is 3. The molecule has 0 aliphatic rings. The molecule has 96 valence electrons. The van der Waals surface area contributed by atoms with Crippen LogP contribution in [0.15, 0.2) is 22.8 Å². The van der Waals surface area contributed by atoms with Crippen LogP contribution in [0.25, 0.3) is 5.82 Å². The first-order valence-corrected chi connectivity index (χ1v) is 6.81. The van der Waals surface area contributed by atoms with Crippen LogP contribution in [0.1, 0.15) is 23.9 Å². The summed E-state index contributed by atoms with van der Waals surface area (Å²) in [6.07, 6.45) is 1.80. The van der Waals surface area contributed by atoms with E-state index in [9.17, 15) is 0 Å². The molecular formula is C13H17BrN4. The number of halogens is 1. The van der Waals surface area contributed by atoms with E-state index in [0.29, 0.717) is 0 Å². The fourth-order valence-electron chi connectivity index (χ4n) is 1.85. The SMILES string of the molecule is CCNCc1cccnc1-n1nc(C)c(Br)c1C. The third-order valence-electron chi connectivity index (χ3n) is 2.84. The zero-order valence-corrected chi connectivity index (χ0v) is 12.5. The van der Waals surface area contributed by atoms with Crippen molar-refractivity contribution in [1.82, 2.24) is 20.1 Å². The largest absolute Gasteiger partial charge is 0.313 e. The Hall–Kier alpha value is -1.20. The molecule has 2 aromatic heterocycles. The van der Waals surface area contributed by atoms with Crippen LogP contribution in [0.2, 0.25) is 0 Å². The lowest BCUT2D eigenvalue weighted by Crippen LogP contribution is -2.15. The predicted octanol–water partition coefficient (Wildman–Crippen LogP) is 2.76. The Balaban J connectivity index is 2.46. The van der Waals surface area contributed by atoms with Gasteiger partial charge < -0.3 is 5.32 Å². The van der Waals surface area contributed by atoms with E-state index >= 15 is 0 Å². The Morgan fingerprint density at radius 2 is 2.17 bits per heavy atom. The van der Waals surface area contributed by atoms with Gasteiger partial charge in [-0.3, -0.25) is 0 Å². The number of aryl methyl sites for hydroxylation is 1. The van der Waals surface area contributed by atoms with Crippen molar-refractivity contribution in [2.24, 2.45) is 0 Å². The smallest absolute Gasteiger partial charge is 0.158 e. The minimum atomic E-state index is 0.801. The topological polar surface area (TPSA) is 42.7 Å². The predicted molar refractivity (Wildman–Crippen MR) is 75.9 cm³/mol. The highest BCUT2D eigenvalue weighted by molar-refractivity contribution is 9.10. The van der Waals surface area contributed by atoms with Gasteiger partial charge in [-0.05, 0) is 42.4 Å². The highest BCUT2D eigenvalue weighted by Crippen LogP contribution is 2.23. The van der Waals surface area contributed by atoms with Crippen LogP contribution in [0.3, 0.4) is 0 Å². The van der Waals surface area contributed by atoms with Crippen molar-refractivity contribution >= 4 is 15.9 Å². The quantitative estimate of drug-likeness (QED) is 0.944. The Bertz CT molecular complexity index is 548. The Morgan fingerprint density at radius 3 is 2.78 bits per heavy atom. The van der Waals surface area contributed by atoms with E-state index in [2.05, 4.69) is 44.3 Å². The Morgan fingerprint density at radius 1 is 1.39 bits per heavy atom. The fraction of sp³-hybridized carbons (Fsp3) is 0.385. The zero-order chi connectivity index (χ0) is 13.1. The van der Waals surface area contributed by atoms with Crippen molar-refractivity contribution < 1.29 is 0 Å². The van der Waals surface area contributed by atoms with Gasteiger partial charge in [0.25, 0.3) is 0 Å². The average Bonchev–Trinajstić information content (AvgIpc) is 2.64. The lowest BCUT2D eigenvalue weighted by Gasteiger charge is -2.10. The van der Waals surface area contributed by atoms with Crippen molar-refractivity contribution in [2.75, 3.05) is 6.54 Å². The molecule has 0 fully saturated rings. The lowest BCUT2D eigenvalue weighted by atomic mass is 10.2. The van der Waals surface area contributed by atoms with Crippen LogP contribution >= 0.6 is 15.9 Å². The summed E-state index contributed by atoms with van der Waals surface area (Å²) in [4.78, 5) is 4.46. The van der Waals surface area contributed by atoms with Gasteiger partial charge >= 0.3 is 0 Å². The minimum Gasteiger partial charge on any atom is -0.313 e. The second-order valence-electron chi connectivity index (χ2n) is 4.16. The maximum absolute atomic E-state index is 4.53. The van der Waals surface area contributed by atoms with E-state index in [1.807, 2.05) is 24.6 Å². The van der Waals surface area contributed by atoms with Crippen molar-refractivity contribution in [2.45, 2.75) is 27.3 Å². The minimum absolute atomic E-state index is 0.801. The van der Waals surface area contributed by atoms with Crippen molar-refractivity contribution in [3.8, 4) is 5.82 Å². The van der Waals surface area contributed by atoms with Crippen LogP contribution in [0, 0.1) is 13.8 Å². The van der Waals surface area contributed by atoms with Gasteiger partial charge in [0.2, 0.25) is 0 Å². The zero-order valence-electron chi connectivity index (χ0n) is 10.9. The monoisotopic (exact) mass is 308 g/mol. The second kappa shape index (κ2) is 5.63. The summed E-state index contributed by atoms with van der Waals surface area (Å²) in [6, 6.07) is 4.03. The molecule has 0 aromatic carbocycles. The number of nitrogens with zero attached hydrogens (tertiary/aromatic N) is 3. The van der Waals surface area contributed by atoms with Crippen LogP contribution in [0.5, 0.6) is 0 Å². The number of pyridine rings is 1. The van der Waals surface area contributed by atoms with Crippen LogP contribution in [-0.2, 0) is 6.54 Å². The van der Waals surface area contributed by atoms with Gasteiger partial charge in [-0.2, -0.15) is 5.10 Å². The van der Waals surface area contributed by atoms with E-state index in [4.69, 9.17) is 0 Å². The highest BCUT2D eigenvalue weighted by atomic mass is 79.9. The Kier molecular flexibility index (Phi) is 4.14. The standard InChI is InChI=1S/C13H17BrN4/c1-4-15-8-11-6-5-7-16-13(11)18-10(3)12(14)9(2)17-18/h5-7,15H,4,8H2,1-3H3. The summed E-state index contributed by atoms with van der Waals surface area (Å²) in [6.45, 7) is 7.86. The van der Waals surface area contributed by atoms with E-state index in [0.717, 1.165) is 40.3 Å². The van der Waals surface area contributed by atoms with E-state index in [-0.39, 0.29) is 0 Å². The van der Waals surface area contributed by atoms with Gasteiger partial charge in [-0.1, -0.05) is 13.0 Å². The summed E-state index contributed by atoms with van der Waals surface area (Å²) in [5.74, 6) is 0.893. The molecule has 2 rings (SSSR count). The molecule has 0 unspecified atom stereocenters. The van der Waals surface area contributed by atoms with Gasteiger partial charge in [0.1, 0.15) is 0 Å². The molecular weight excluding hydrogens is 292 g/mol. The molecule has 0 spiro atoms. The van der Waals surface area contributed by atoms with Crippen molar-refractivity contribution in [3.05, 3.63) is 39.8 Å². The van der Waals surface area contributed by atoms with Crippen LogP contribution in [0.4, 0.5) is 0 Å². The summed E-state index contributed by atoms with van der Waals surface area (Å²) >= 11 is 3.55. The highest BCUT2D eigenvalue weighted by Gasteiger charge is 2.13. The lowest BCUT2D eigenvalue weighted by molar-refractivity contribution is 0.705. The third kappa shape index (κ3) is 2.47. The molecule has 18 heavy (non-hydrogen) atoms. The van der Waals surface area contributed by atoms with Gasteiger partial charge in [0, 0.05) is 18.3 Å². The molecule has 2 heterocycles. The van der Waals surface area contributed by atoms with E-state index in [1.165, 1.54) is 0 Å². The molecule has 0 aliphatic carbocycles. The summed E-state index contributed by atoms with van der Waals surface area (Å²) in [5.41, 5.74) is 3.20. The number of hydrogen-bond donors (Lipinski definition) is 1. The maximum atomic E-state index is 4.53. The van der Waals surface area contributed by atoms with Gasteiger partial charge in [0.15, 0.2) is 5.82 Å². The number of hydrogen-bond acceptors (Lipinski definition) is 3. The first kappa shape index (κ1) is 13.2. The van der Waals surface area contributed by atoms with Crippen LogP contribution < -0.4 is 5.32 Å². The first-order chi connectivity index (χ1) is 8.65. The van der Waals surface area contributed by atoms with E-state index in [1.54, 1.807) is 6.20 Å². The van der Waals surface area contributed by atoms with Gasteiger partial charge in [-0.15, -0.1) is 0 Å². The number of nitrogens with one attached hydrogen (secondary N) is 1.